The summed E-state index contributed by atoms with van der Waals surface area (Å²) in [7, 11) is 0. The van der Waals surface area contributed by atoms with Crippen LogP contribution in [0.25, 0.3) is 16.7 Å². The lowest BCUT2D eigenvalue weighted by atomic mass is 10.1. The molecule has 0 fully saturated rings. The second-order valence-electron chi connectivity index (χ2n) is 4.98. The monoisotopic (exact) mass is 276 g/mol. The maximum atomic E-state index is 12.6. The van der Waals surface area contributed by atoms with E-state index in [1.54, 1.807) is 18.3 Å². The van der Waals surface area contributed by atoms with E-state index in [1.165, 1.54) is 0 Å². The summed E-state index contributed by atoms with van der Waals surface area (Å²) >= 11 is 0. The average Bonchev–Trinajstić information content (AvgIpc) is 2.90. The Balaban J connectivity index is 2.20. The van der Waals surface area contributed by atoms with Gasteiger partial charge in [-0.2, -0.15) is 0 Å². The molecule has 0 spiro atoms. The lowest BCUT2D eigenvalue weighted by molar-refractivity contribution is 0.424. The Hall–Kier alpha value is -2.88. The molecular formula is C17H12N2O2. The number of allylic oxidation sites excluding steroid dienone is 1. The van der Waals surface area contributed by atoms with Crippen molar-refractivity contribution in [2.45, 2.75) is 6.42 Å². The average molecular weight is 276 g/mol. The first-order chi connectivity index (χ1) is 10.3. The Labute approximate surface area is 120 Å². The summed E-state index contributed by atoms with van der Waals surface area (Å²) in [6.45, 7) is 3.84. The highest BCUT2D eigenvalue weighted by molar-refractivity contribution is 5.79. The van der Waals surface area contributed by atoms with Crippen molar-refractivity contribution in [1.82, 2.24) is 9.55 Å². The molecule has 21 heavy (non-hydrogen) atoms. The SMILES string of the molecule is C=C1Cc2c(n(-c3ccccc3)c3ncccc3c2=O)O1. The number of benzene rings is 1. The van der Waals surface area contributed by atoms with Gasteiger partial charge in [-0.05, 0) is 24.3 Å². The van der Waals surface area contributed by atoms with Crippen LogP contribution in [0.3, 0.4) is 0 Å². The van der Waals surface area contributed by atoms with Gasteiger partial charge in [0.15, 0.2) is 11.1 Å². The fraction of sp³-hybridized carbons (Fsp3) is 0.0588. The lowest BCUT2D eigenvalue weighted by Crippen LogP contribution is -2.14. The Morgan fingerprint density at radius 3 is 2.76 bits per heavy atom. The van der Waals surface area contributed by atoms with Crippen molar-refractivity contribution in [3.8, 4) is 11.6 Å². The molecule has 1 aliphatic rings. The summed E-state index contributed by atoms with van der Waals surface area (Å²) in [5, 5.41) is 0.596. The molecule has 0 saturated heterocycles. The lowest BCUT2D eigenvalue weighted by Gasteiger charge is -2.14. The van der Waals surface area contributed by atoms with Crippen LogP contribution in [-0.4, -0.2) is 9.55 Å². The van der Waals surface area contributed by atoms with Crippen molar-refractivity contribution in [3.63, 3.8) is 0 Å². The maximum absolute atomic E-state index is 12.6. The molecule has 3 heterocycles. The number of para-hydroxylation sites is 1. The highest BCUT2D eigenvalue weighted by Crippen LogP contribution is 2.33. The number of rotatable bonds is 1. The molecule has 1 aromatic carbocycles. The number of nitrogens with zero attached hydrogens (tertiary/aromatic N) is 2. The molecule has 0 N–H and O–H groups in total. The van der Waals surface area contributed by atoms with Crippen molar-refractivity contribution in [1.29, 1.82) is 0 Å². The number of aromatic nitrogens is 2. The van der Waals surface area contributed by atoms with Crippen molar-refractivity contribution < 1.29 is 4.74 Å². The van der Waals surface area contributed by atoms with E-state index in [-0.39, 0.29) is 5.43 Å². The van der Waals surface area contributed by atoms with E-state index < -0.39 is 0 Å². The standard InChI is InChI=1S/C17H12N2O2/c1-11-10-14-15(20)13-8-5-9-18-16(13)19(17(14)21-11)12-6-3-2-4-7-12/h2-9H,1,10H2. The van der Waals surface area contributed by atoms with Crippen molar-refractivity contribution in [3.05, 3.63) is 76.8 Å². The van der Waals surface area contributed by atoms with Gasteiger partial charge in [-0.1, -0.05) is 24.8 Å². The third kappa shape index (κ3) is 1.69. The van der Waals surface area contributed by atoms with Crippen LogP contribution in [0.5, 0.6) is 5.88 Å². The summed E-state index contributed by atoms with van der Waals surface area (Å²) in [5.74, 6) is 1.12. The van der Waals surface area contributed by atoms with E-state index in [2.05, 4.69) is 11.6 Å². The van der Waals surface area contributed by atoms with E-state index in [1.807, 2.05) is 34.9 Å². The van der Waals surface area contributed by atoms with Gasteiger partial charge in [0.05, 0.1) is 16.6 Å². The Kier molecular flexibility index (Phi) is 2.44. The smallest absolute Gasteiger partial charge is 0.213 e. The molecule has 4 heteroatoms. The third-order valence-electron chi connectivity index (χ3n) is 3.61. The van der Waals surface area contributed by atoms with Crippen molar-refractivity contribution in [2.24, 2.45) is 0 Å². The van der Waals surface area contributed by atoms with Crippen LogP contribution in [-0.2, 0) is 6.42 Å². The summed E-state index contributed by atoms with van der Waals surface area (Å²) in [5.41, 5.74) is 2.12. The zero-order chi connectivity index (χ0) is 14.4. The molecule has 4 rings (SSSR count). The molecule has 0 saturated carbocycles. The van der Waals surface area contributed by atoms with Gasteiger partial charge in [-0.25, -0.2) is 4.98 Å². The minimum atomic E-state index is -0.0288. The number of ether oxygens (including phenoxy) is 1. The number of fused-ring (bicyclic) bond motifs is 2. The van der Waals surface area contributed by atoms with Crippen LogP contribution in [0.15, 0.2) is 65.8 Å². The van der Waals surface area contributed by atoms with Crippen molar-refractivity contribution >= 4 is 11.0 Å². The minimum absolute atomic E-state index is 0.0288. The zero-order valence-electron chi connectivity index (χ0n) is 11.2. The summed E-state index contributed by atoms with van der Waals surface area (Å²) in [6, 6.07) is 13.3. The highest BCUT2D eigenvalue weighted by atomic mass is 16.5. The van der Waals surface area contributed by atoms with Crippen LogP contribution in [0.4, 0.5) is 0 Å². The topological polar surface area (TPSA) is 44.1 Å². The van der Waals surface area contributed by atoms with Gasteiger partial charge in [0.2, 0.25) is 5.88 Å². The predicted molar refractivity (Wildman–Crippen MR) is 80.8 cm³/mol. The fourth-order valence-corrected chi connectivity index (χ4v) is 2.69. The molecule has 0 amide bonds. The Morgan fingerprint density at radius 2 is 1.95 bits per heavy atom. The fourth-order valence-electron chi connectivity index (χ4n) is 2.69. The maximum Gasteiger partial charge on any atom is 0.213 e. The Morgan fingerprint density at radius 1 is 1.14 bits per heavy atom. The molecule has 4 nitrogen and oxygen atoms in total. The third-order valence-corrected chi connectivity index (χ3v) is 3.61. The number of pyridine rings is 2. The molecule has 0 unspecified atom stereocenters. The molecule has 1 aliphatic heterocycles. The van der Waals surface area contributed by atoms with E-state index >= 15 is 0 Å². The van der Waals surface area contributed by atoms with Gasteiger partial charge in [0.25, 0.3) is 0 Å². The summed E-state index contributed by atoms with van der Waals surface area (Å²) in [6.07, 6.45) is 2.13. The van der Waals surface area contributed by atoms with Crippen LogP contribution in [0.2, 0.25) is 0 Å². The molecule has 0 aliphatic carbocycles. The zero-order valence-corrected chi connectivity index (χ0v) is 11.2. The van der Waals surface area contributed by atoms with E-state index in [4.69, 9.17) is 4.74 Å². The van der Waals surface area contributed by atoms with Gasteiger partial charge >= 0.3 is 0 Å². The summed E-state index contributed by atoms with van der Waals surface area (Å²) < 4.78 is 7.59. The molecule has 0 atom stereocenters. The molecule has 2 aromatic heterocycles. The first kappa shape index (κ1) is 11.9. The van der Waals surface area contributed by atoms with E-state index in [0.29, 0.717) is 34.7 Å². The van der Waals surface area contributed by atoms with Crippen LogP contribution in [0, 0.1) is 0 Å². The van der Waals surface area contributed by atoms with Gasteiger partial charge < -0.3 is 4.74 Å². The van der Waals surface area contributed by atoms with Crippen molar-refractivity contribution in [2.75, 3.05) is 0 Å². The van der Waals surface area contributed by atoms with E-state index in [0.717, 1.165) is 5.69 Å². The first-order valence-corrected chi connectivity index (χ1v) is 6.69. The van der Waals surface area contributed by atoms with Gasteiger partial charge in [-0.3, -0.25) is 9.36 Å². The first-order valence-electron chi connectivity index (χ1n) is 6.69. The molecular weight excluding hydrogens is 264 g/mol. The molecule has 3 aromatic rings. The van der Waals surface area contributed by atoms with Gasteiger partial charge in [-0.15, -0.1) is 0 Å². The number of hydrogen-bond donors (Lipinski definition) is 0. The van der Waals surface area contributed by atoms with Crippen LogP contribution >= 0.6 is 0 Å². The second-order valence-corrected chi connectivity index (χ2v) is 4.98. The normalized spacial score (nSPS) is 13.2. The quantitative estimate of drug-likeness (QED) is 0.686. The molecule has 102 valence electrons. The number of hydrogen-bond acceptors (Lipinski definition) is 3. The van der Waals surface area contributed by atoms with Gasteiger partial charge in [0, 0.05) is 12.6 Å². The van der Waals surface area contributed by atoms with Crippen LogP contribution < -0.4 is 10.2 Å². The predicted octanol–water partition coefficient (Wildman–Crippen LogP) is 2.83. The largest absolute Gasteiger partial charge is 0.445 e. The highest BCUT2D eigenvalue weighted by Gasteiger charge is 2.26. The van der Waals surface area contributed by atoms with E-state index in [9.17, 15) is 4.79 Å². The summed E-state index contributed by atoms with van der Waals surface area (Å²) in [4.78, 5) is 16.9. The minimum Gasteiger partial charge on any atom is -0.445 e. The van der Waals surface area contributed by atoms with Gasteiger partial charge in [0.1, 0.15) is 5.76 Å². The second kappa shape index (κ2) is 4.31. The molecule has 0 radical (unpaired) electrons. The Bertz CT molecular complexity index is 927. The molecule has 0 bridgehead atoms. The van der Waals surface area contributed by atoms with Crippen LogP contribution in [0.1, 0.15) is 5.56 Å².